The SMILES string of the molecule is C=C(C)CC12C=CC(C1)C(C(=O)O)C2C(=O)NO. The van der Waals surface area contributed by atoms with Gasteiger partial charge in [0.15, 0.2) is 0 Å². The molecule has 1 fully saturated rings. The maximum atomic E-state index is 11.8. The monoisotopic (exact) mass is 251 g/mol. The highest BCUT2D eigenvalue weighted by Crippen LogP contribution is 2.59. The highest BCUT2D eigenvalue weighted by molar-refractivity contribution is 5.87. The van der Waals surface area contributed by atoms with Crippen molar-refractivity contribution in [1.29, 1.82) is 0 Å². The van der Waals surface area contributed by atoms with Crippen molar-refractivity contribution in [2.24, 2.45) is 23.2 Å². The van der Waals surface area contributed by atoms with E-state index in [0.717, 1.165) is 5.57 Å². The fourth-order valence-electron chi connectivity index (χ4n) is 3.59. The molecule has 2 rings (SSSR count). The molecule has 0 heterocycles. The standard InChI is InChI=1S/C13H17NO4/c1-7(2)5-13-4-3-8(6-13)9(12(16)17)10(13)11(15)14-18/h3-4,8-10,18H,1,5-6H2,2H3,(H,14,15)(H,16,17). The maximum Gasteiger partial charge on any atom is 0.307 e. The summed E-state index contributed by atoms with van der Waals surface area (Å²) in [4.78, 5) is 23.1. The van der Waals surface area contributed by atoms with Gasteiger partial charge < -0.3 is 5.11 Å². The van der Waals surface area contributed by atoms with E-state index < -0.39 is 29.1 Å². The molecule has 18 heavy (non-hydrogen) atoms. The van der Waals surface area contributed by atoms with Crippen molar-refractivity contribution in [3.63, 3.8) is 0 Å². The molecule has 3 N–H and O–H groups in total. The molecule has 5 heteroatoms. The van der Waals surface area contributed by atoms with Crippen molar-refractivity contribution in [1.82, 2.24) is 5.48 Å². The Balaban J connectivity index is 2.40. The van der Waals surface area contributed by atoms with E-state index in [0.29, 0.717) is 12.8 Å². The van der Waals surface area contributed by atoms with Crippen molar-refractivity contribution in [3.05, 3.63) is 24.3 Å². The first kappa shape index (κ1) is 12.8. The van der Waals surface area contributed by atoms with Crippen molar-refractivity contribution in [3.8, 4) is 0 Å². The Kier molecular flexibility index (Phi) is 3.02. The summed E-state index contributed by atoms with van der Waals surface area (Å²) in [5.74, 6) is -3.23. The van der Waals surface area contributed by atoms with Crippen LogP contribution in [0.3, 0.4) is 0 Å². The minimum absolute atomic E-state index is 0.135. The molecule has 5 nitrogen and oxygen atoms in total. The number of allylic oxidation sites excluding steroid dienone is 3. The number of carbonyl (C=O) groups is 2. The van der Waals surface area contributed by atoms with Crippen LogP contribution >= 0.6 is 0 Å². The van der Waals surface area contributed by atoms with E-state index in [4.69, 9.17) is 5.21 Å². The Morgan fingerprint density at radius 3 is 2.72 bits per heavy atom. The summed E-state index contributed by atoms with van der Waals surface area (Å²) in [6.07, 6.45) is 5.01. The number of hydrogen-bond donors (Lipinski definition) is 3. The number of carboxylic acids is 1. The molecule has 98 valence electrons. The summed E-state index contributed by atoms with van der Waals surface area (Å²) in [5, 5.41) is 18.1. The van der Waals surface area contributed by atoms with Crippen LogP contribution in [-0.4, -0.2) is 22.2 Å². The highest BCUT2D eigenvalue weighted by atomic mass is 16.5. The Labute approximate surface area is 105 Å². The van der Waals surface area contributed by atoms with E-state index >= 15 is 0 Å². The normalized spacial score (nSPS) is 36.7. The second kappa shape index (κ2) is 4.24. The first-order valence-electron chi connectivity index (χ1n) is 5.92. The lowest BCUT2D eigenvalue weighted by Crippen LogP contribution is -2.43. The largest absolute Gasteiger partial charge is 0.481 e. The number of aliphatic carboxylic acids is 1. The molecule has 2 aliphatic rings. The lowest BCUT2D eigenvalue weighted by Gasteiger charge is -2.33. The first-order valence-corrected chi connectivity index (χ1v) is 5.92. The van der Waals surface area contributed by atoms with Crippen LogP contribution < -0.4 is 5.48 Å². The fourth-order valence-corrected chi connectivity index (χ4v) is 3.59. The molecule has 0 aromatic rings. The topological polar surface area (TPSA) is 86.6 Å². The molecular formula is C13H17NO4. The lowest BCUT2D eigenvalue weighted by atomic mass is 9.70. The molecule has 4 atom stereocenters. The Morgan fingerprint density at radius 2 is 2.22 bits per heavy atom. The van der Waals surface area contributed by atoms with Gasteiger partial charge in [-0.15, -0.1) is 6.58 Å². The van der Waals surface area contributed by atoms with Gasteiger partial charge in [-0.25, -0.2) is 5.48 Å². The second-order valence-corrected chi connectivity index (χ2v) is 5.41. The quantitative estimate of drug-likeness (QED) is 0.400. The lowest BCUT2D eigenvalue weighted by molar-refractivity contribution is -0.151. The minimum atomic E-state index is -0.985. The molecule has 2 aliphatic carbocycles. The maximum absolute atomic E-state index is 11.8. The summed E-state index contributed by atoms with van der Waals surface area (Å²) >= 11 is 0. The zero-order valence-electron chi connectivity index (χ0n) is 10.2. The summed E-state index contributed by atoms with van der Waals surface area (Å²) < 4.78 is 0. The van der Waals surface area contributed by atoms with Gasteiger partial charge in [0, 0.05) is 5.41 Å². The molecular weight excluding hydrogens is 234 g/mol. The molecule has 0 aromatic carbocycles. The van der Waals surface area contributed by atoms with Crippen LogP contribution in [0.4, 0.5) is 0 Å². The van der Waals surface area contributed by atoms with Gasteiger partial charge in [0.2, 0.25) is 5.91 Å². The van der Waals surface area contributed by atoms with Gasteiger partial charge in [-0.2, -0.15) is 0 Å². The summed E-state index contributed by atoms with van der Waals surface area (Å²) in [7, 11) is 0. The Morgan fingerprint density at radius 1 is 1.56 bits per heavy atom. The molecule has 4 unspecified atom stereocenters. The molecule has 1 amide bonds. The number of carboxylic acid groups (broad SMARTS) is 1. The predicted octanol–water partition coefficient (Wildman–Crippen LogP) is 1.35. The van der Waals surface area contributed by atoms with E-state index in [9.17, 15) is 14.7 Å². The summed E-state index contributed by atoms with van der Waals surface area (Å²) in [5.41, 5.74) is 2.01. The zero-order chi connectivity index (χ0) is 13.5. The summed E-state index contributed by atoms with van der Waals surface area (Å²) in [6.45, 7) is 5.70. The number of hydroxylamine groups is 1. The van der Waals surface area contributed by atoms with E-state index in [1.54, 1.807) is 5.48 Å². The Bertz CT molecular complexity index is 442. The van der Waals surface area contributed by atoms with Crippen LogP contribution in [0.5, 0.6) is 0 Å². The molecule has 0 aliphatic heterocycles. The van der Waals surface area contributed by atoms with Crippen LogP contribution in [0.15, 0.2) is 24.3 Å². The number of hydrogen-bond acceptors (Lipinski definition) is 3. The zero-order valence-corrected chi connectivity index (χ0v) is 10.2. The average molecular weight is 251 g/mol. The molecule has 0 saturated heterocycles. The number of fused-ring (bicyclic) bond motifs is 2. The third-order valence-electron chi connectivity index (χ3n) is 4.04. The molecule has 0 aromatic heterocycles. The smallest absolute Gasteiger partial charge is 0.307 e. The second-order valence-electron chi connectivity index (χ2n) is 5.41. The van der Waals surface area contributed by atoms with Gasteiger partial charge in [-0.1, -0.05) is 17.7 Å². The van der Waals surface area contributed by atoms with Crippen LogP contribution in [-0.2, 0) is 9.59 Å². The van der Waals surface area contributed by atoms with Crippen molar-refractivity contribution < 1.29 is 19.9 Å². The van der Waals surface area contributed by atoms with Crippen molar-refractivity contribution >= 4 is 11.9 Å². The van der Waals surface area contributed by atoms with E-state index in [1.807, 2.05) is 19.1 Å². The third-order valence-corrected chi connectivity index (χ3v) is 4.04. The number of amides is 1. The van der Waals surface area contributed by atoms with Crippen LogP contribution in [0, 0.1) is 23.2 Å². The fraction of sp³-hybridized carbons (Fsp3) is 0.538. The van der Waals surface area contributed by atoms with E-state index in [-0.39, 0.29) is 5.92 Å². The highest BCUT2D eigenvalue weighted by Gasteiger charge is 2.60. The van der Waals surface area contributed by atoms with Crippen LogP contribution in [0.25, 0.3) is 0 Å². The van der Waals surface area contributed by atoms with E-state index in [2.05, 4.69) is 6.58 Å². The van der Waals surface area contributed by atoms with Crippen molar-refractivity contribution in [2.75, 3.05) is 0 Å². The number of carbonyl (C=O) groups excluding carboxylic acids is 1. The van der Waals surface area contributed by atoms with Gasteiger partial charge in [-0.05, 0) is 25.7 Å². The first-order chi connectivity index (χ1) is 8.41. The number of nitrogens with one attached hydrogen (secondary N) is 1. The van der Waals surface area contributed by atoms with Gasteiger partial charge in [0.25, 0.3) is 0 Å². The van der Waals surface area contributed by atoms with E-state index in [1.165, 1.54) is 0 Å². The van der Waals surface area contributed by atoms with Gasteiger partial charge in [0.05, 0.1) is 11.8 Å². The van der Waals surface area contributed by atoms with Crippen LogP contribution in [0.1, 0.15) is 19.8 Å². The van der Waals surface area contributed by atoms with Gasteiger partial charge >= 0.3 is 5.97 Å². The summed E-state index contributed by atoms with van der Waals surface area (Å²) in [6, 6.07) is 0. The van der Waals surface area contributed by atoms with Crippen molar-refractivity contribution in [2.45, 2.75) is 19.8 Å². The molecule has 1 saturated carbocycles. The van der Waals surface area contributed by atoms with Crippen LogP contribution in [0.2, 0.25) is 0 Å². The molecule has 2 bridgehead atoms. The predicted molar refractivity (Wildman–Crippen MR) is 63.7 cm³/mol. The minimum Gasteiger partial charge on any atom is -0.481 e. The Hall–Kier alpha value is -1.62. The average Bonchev–Trinajstić information content (AvgIpc) is 2.81. The van der Waals surface area contributed by atoms with Gasteiger partial charge in [-0.3, -0.25) is 14.8 Å². The molecule has 0 spiro atoms. The number of rotatable bonds is 4. The molecule has 0 radical (unpaired) electrons. The van der Waals surface area contributed by atoms with Gasteiger partial charge in [0.1, 0.15) is 0 Å². The third kappa shape index (κ3) is 1.75.